The standard InChI is InChI=1S/C15H16N2O4S/c1-4-17-12(18)11(22-14(17)20)15(21)9-6-7(2)5-8(3)10(9)16-13(15)19/h5-6,11,21H,4H2,1-3H3,(H,16,19). The van der Waals surface area contributed by atoms with Gasteiger partial charge < -0.3 is 10.4 Å². The summed E-state index contributed by atoms with van der Waals surface area (Å²) in [5.41, 5.74) is 0.558. The molecule has 0 aliphatic carbocycles. The number of hydrogen-bond acceptors (Lipinski definition) is 5. The average Bonchev–Trinajstić information content (AvgIpc) is 2.88. The SMILES string of the molecule is CCN1C(=O)SC(C2(O)C(=O)Nc3c(C)cc(C)cc32)C1=O. The number of rotatable bonds is 2. The molecule has 0 spiro atoms. The van der Waals surface area contributed by atoms with E-state index in [0.29, 0.717) is 23.0 Å². The summed E-state index contributed by atoms with van der Waals surface area (Å²) in [4.78, 5) is 37.8. The minimum atomic E-state index is -2.02. The Morgan fingerprint density at radius 3 is 2.59 bits per heavy atom. The summed E-state index contributed by atoms with van der Waals surface area (Å²) in [6.07, 6.45) is 0. The van der Waals surface area contributed by atoms with Crippen molar-refractivity contribution in [2.24, 2.45) is 0 Å². The van der Waals surface area contributed by atoms with Crippen molar-refractivity contribution >= 4 is 34.5 Å². The molecule has 7 heteroatoms. The topological polar surface area (TPSA) is 86.7 Å². The van der Waals surface area contributed by atoms with E-state index >= 15 is 0 Å². The Bertz CT molecular complexity index is 718. The molecule has 3 rings (SSSR count). The maximum absolute atomic E-state index is 12.4. The monoisotopic (exact) mass is 320 g/mol. The van der Waals surface area contributed by atoms with E-state index in [1.807, 2.05) is 19.9 Å². The van der Waals surface area contributed by atoms with Crippen LogP contribution in [0, 0.1) is 13.8 Å². The second-order valence-electron chi connectivity index (χ2n) is 5.57. The molecule has 2 N–H and O–H groups in total. The quantitative estimate of drug-likeness (QED) is 0.863. The van der Waals surface area contributed by atoms with Gasteiger partial charge in [-0.05, 0) is 38.1 Å². The maximum atomic E-state index is 12.4. The van der Waals surface area contributed by atoms with Gasteiger partial charge in [-0.2, -0.15) is 0 Å². The molecule has 2 unspecified atom stereocenters. The summed E-state index contributed by atoms with van der Waals surface area (Å²) >= 11 is 0.708. The van der Waals surface area contributed by atoms with Crippen molar-refractivity contribution in [2.45, 2.75) is 31.6 Å². The number of nitrogens with zero attached hydrogens (tertiary/aromatic N) is 1. The number of hydrogen-bond donors (Lipinski definition) is 2. The number of aryl methyl sites for hydroxylation is 2. The molecule has 0 aromatic heterocycles. The van der Waals surface area contributed by atoms with E-state index in [1.165, 1.54) is 0 Å². The Kier molecular flexibility index (Phi) is 3.30. The number of nitrogens with one attached hydrogen (secondary N) is 1. The Hall–Kier alpha value is -1.86. The van der Waals surface area contributed by atoms with Crippen molar-refractivity contribution in [3.8, 4) is 0 Å². The molecule has 6 nitrogen and oxygen atoms in total. The fraction of sp³-hybridized carbons (Fsp3) is 0.400. The number of amides is 3. The highest BCUT2D eigenvalue weighted by molar-refractivity contribution is 8.15. The van der Waals surface area contributed by atoms with Crippen molar-refractivity contribution in [3.05, 3.63) is 28.8 Å². The molecular formula is C15H16N2O4S. The fourth-order valence-electron chi connectivity index (χ4n) is 3.02. The first kappa shape index (κ1) is 15.1. The van der Waals surface area contributed by atoms with Gasteiger partial charge in [-0.25, -0.2) is 0 Å². The van der Waals surface area contributed by atoms with Crippen molar-refractivity contribution in [2.75, 3.05) is 11.9 Å². The lowest BCUT2D eigenvalue weighted by Gasteiger charge is -2.25. The zero-order valence-electron chi connectivity index (χ0n) is 12.5. The molecule has 1 aromatic carbocycles. The molecule has 1 saturated heterocycles. The Morgan fingerprint density at radius 1 is 1.32 bits per heavy atom. The van der Waals surface area contributed by atoms with Crippen LogP contribution in [0.5, 0.6) is 0 Å². The Morgan fingerprint density at radius 2 is 2.00 bits per heavy atom. The highest BCUT2D eigenvalue weighted by Gasteiger charge is 2.59. The summed E-state index contributed by atoms with van der Waals surface area (Å²) in [7, 11) is 0. The molecule has 0 radical (unpaired) electrons. The molecular weight excluding hydrogens is 304 g/mol. The summed E-state index contributed by atoms with van der Waals surface area (Å²) in [6.45, 7) is 5.58. The molecule has 2 atom stereocenters. The minimum Gasteiger partial charge on any atom is -0.374 e. The van der Waals surface area contributed by atoms with Crippen LogP contribution in [-0.2, 0) is 15.2 Å². The van der Waals surface area contributed by atoms with E-state index in [0.717, 1.165) is 16.0 Å². The number of fused-ring (bicyclic) bond motifs is 1. The number of carbonyl (C=O) groups excluding carboxylic acids is 3. The lowest BCUT2D eigenvalue weighted by molar-refractivity contribution is -0.142. The second-order valence-corrected chi connectivity index (χ2v) is 6.63. The van der Waals surface area contributed by atoms with E-state index in [1.54, 1.807) is 13.0 Å². The maximum Gasteiger partial charge on any atom is 0.289 e. The van der Waals surface area contributed by atoms with Crippen LogP contribution in [0.15, 0.2) is 12.1 Å². The van der Waals surface area contributed by atoms with E-state index in [9.17, 15) is 19.5 Å². The Labute approximate surface area is 131 Å². The molecule has 3 amide bonds. The predicted molar refractivity (Wildman–Crippen MR) is 82.6 cm³/mol. The van der Waals surface area contributed by atoms with Gasteiger partial charge >= 0.3 is 0 Å². The van der Waals surface area contributed by atoms with Crippen molar-refractivity contribution in [1.29, 1.82) is 0 Å². The highest BCUT2D eigenvalue weighted by atomic mass is 32.2. The van der Waals surface area contributed by atoms with E-state index < -0.39 is 27.9 Å². The van der Waals surface area contributed by atoms with Crippen LogP contribution in [-0.4, -0.2) is 38.9 Å². The van der Waals surface area contributed by atoms with Gasteiger partial charge in [-0.1, -0.05) is 17.7 Å². The predicted octanol–water partition coefficient (Wildman–Crippen LogP) is 1.53. The van der Waals surface area contributed by atoms with Gasteiger partial charge in [0.2, 0.25) is 5.91 Å². The third-order valence-electron chi connectivity index (χ3n) is 4.10. The van der Waals surface area contributed by atoms with Gasteiger partial charge in [0.1, 0.15) is 5.25 Å². The number of benzene rings is 1. The number of carbonyl (C=O) groups is 3. The van der Waals surface area contributed by atoms with Crippen LogP contribution in [0.3, 0.4) is 0 Å². The first-order valence-electron chi connectivity index (χ1n) is 6.98. The van der Waals surface area contributed by atoms with E-state index in [2.05, 4.69) is 5.32 Å². The van der Waals surface area contributed by atoms with Gasteiger partial charge in [0, 0.05) is 12.1 Å². The van der Waals surface area contributed by atoms with Crippen LogP contribution in [0.1, 0.15) is 23.6 Å². The minimum absolute atomic E-state index is 0.221. The van der Waals surface area contributed by atoms with Crippen LogP contribution in [0.4, 0.5) is 10.5 Å². The van der Waals surface area contributed by atoms with Crippen LogP contribution in [0.2, 0.25) is 0 Å². The Balaban J connectivity index is 2.14. The first-order valence-corrected chi connectivity index (χ1v) is 7.86. The smallest absolute Gasteiger partial charge is 0.289 e. The molecule has 2 aliphatic rings. The second kappa shape index (κ2) is 4.82. The number of thioether (sulfide) groups is 1. The molecule has 0 bridgehead atoms. The van der Waals surface area contributed by atoms with Gasteiger partial charge in [-0.3, -0.25) is 19.3 Å². The van der Waals surface area contributed by atoms with Gasteiger partial charge in [0.05, 0.1) is 5.69 Å². The van der Waals surface area contributed by atoms with Crippen molar-refractivity contribution in [3.63, 3.8) is 0 Å². The number of imide groups is 1. The van der Waals surface area contributed by atoms with E-state index in [4.69, 9.17) is 0 Å². The zero-order chi connectivity index (χ0) is 16.2. The third-order valence-corrected chi connectivity index (χ3v) is 5.30. The molecule has 116 valence electrons. The normalized spacial score (nSPS) is 27.4. The van der Waals surface area contributed by atoms with Crippen LogP contribution in [0.25, 0.3) is 0 Å². The lowest BCUT2D eigenvalue weighted by atomic mass is 9.88. The fourth-order valence-corrected chi connectivity index (χ4v) is 4.20. The van der Waals surface area contributed by atoms with Crippen LogP contribution < -0.4 is 5.32 Å². The van der Waals surface area contributed by atoms with Gasteiger partial charge in [-0.15, -0.1) is 0 Å². The molecule has 2 aliphatic heterocycles. The molecule has 0 saturated carbocycles. The molecule has 1 aromatic rings. The summed E-state index contributed by atoms with van der Waals surface area (Å²) in [5, 5.41) is 12.1. The van der Waals surface area contributed by atoms with Crippen molar-refractivity contribution < 1.29 is 19.5 Å². The van der Waals surface area contributed by atoms with Crippen LogP contribution >= 0.6 is 11.8 Å². The summed E-state index contributed by atoms with van der Waals surface area (Å²) in [6, 6.07) is 3.57. The largest absolute Gasteiger partial charge is 0.374 e. The van der Waals surface area contributed by atoms with Gasteiger partial charge in [0.15, 0.2) is 5.60 Å². The summed E-state index contributed by atoms with van der Waals surface area (Å²) in [5.74, 6) is -1.19. The number of aliphatic hydroxyl groups is 1. The zero-order valence-corrected chi connectivity index (χ0v) is 13.3. The molecule has 2 heterocycles. The third kappa shape index (κ3) is 1.82. The first-order chi connectivity index (χ1) is 10.3. The van der Waals surface area contributed by atoms with Crippen molar-refractivity contribution in [1.82, 2.24) is 4.90 Å². The summed E-state index contributed by atoms with van der Waals surface area (Å²) < 4.78 is 0. The highest BCUT2D eigenvalue weighted by Crippen LogP contribution is 2.47. The van der Waals surface area contributed by atoms with Gasteiger partial charge in [0.25, 0.3) is 11.1 Å². The number of anilines is 1. The average molecular weight is 320 g/mol. The molecule has 1 fully saturated rings. The molecule has 22 heavy (non-hydrogen) atoms. The lowest BCUT2D eigenvalue weighted by Crippen LogP contribution is -2.48. The van der Waals surface area contributed by atoms with E-state index in [-0.39, 0.29) is 6.54 Å².